The summed E-state index contributed by atoms with van der Waals surface area (Å²) in [5.74, 6) is -0.258. The van der Waals surface area contributed by atoms with Gasteiger partial charge in [-0.3, -0.25) is 0 Å². The quantitative estimate of drug-likeness (QED) is 0.639. The summed E-state index contributed by atoms with van der Waals surface area (Å²) in [7, 11) is 0. The van der Waals surface area contributed by atoms with Crippen LogP contribution in [0.1, 0.15) is 5.56 Å². The lowest BCUT2D eigenvalue weighted by molar-refractivity contribution is 0.624. The average molecular weight is 260 g/mol. The van der Waals surface area contributed by atoms with Crippen LogP contribution in [0, 0.1) is 5.82 Å². The van der Waals surface area contributed by atoms with Crippen LogP contribution in [0.4, 0.5) is 4.39 Å². The van der Waals surface area contributed by atoms with Crippen LogP contribution in [0.3, 0.4) is 0 Å². The highest BCUT2D eigenvalue weighted by molar-refractivity contribution is 6.31. The molecule has 18 heavy (non-hydrogen) atoms. The van der Waals surface area contributed by atoms with Gasteiger partial charge in [0.25, 0.3) is 0 Å². The van der Waals surface area contributed by atoms with Crippen molar-refractivity contribution in [2.75, 3.05) is 0 Å². The van der Waals surface area contributed by atoms with Gasteiger partial charge in [-0.1, -0.05) is 29.8 Å². The minimum absolute atomic E-state index is 0.258. The van der Waals surface area contributed by atoms with Crippen LogP contribution >= 0.6 is 11.6 Å². The summed E-state index contributed by atoms with van der Waals surface area (Å²) in [6, 6.07) is 14.6. The lowest BCUT2D eigenvalue weighted by Gasteiger charge is -2.07. The summed E-state index contributed by atoms with van der Waals surface area (Å²) in [5, 5.41) is 1.76. The van der Waals surface area contributed by atoms with Crippen molar-refractivity contribution in [1.82, 2.24) is 4.57 Å². The molecule has 90 valence electrons. The number of aromatic nitrogens is 1. The molecule has 3 heteroatoms. The number of para-hydroxylation sites is 1. The molecule has 0 fully saturated rings. The fraction of sp³-hybridized carbons (Fsp3) is 0.0667. The van der Waals surface area contributed by atoms with Crippen LogP contribution < -0.4 is 0 Å². The highest BCUT2D eigenvalue weighted by Gasteiger charge is 2.05. The molecule has 0 aliphatic carbocycles. The van der Waals surface area contributed by atoms with Crippen molar-refractivity contribution < 1.29 is 4.39 Å². The maximum atomic E-state index is 13.2. The molecule has 1 aromatic heterocycles. The van der Waals surface area contributed by atoms with E-state index in [9.17, 15) is 4.39 Å². The second-order valence-corrected chi connectivity index (χ2v) is 4.65. The van der Waals surface area contributed by atoms with Crippen LogP contribution in [0.2, 0.25) is 5.02 Å². The zero-order chi connectivity index (χ0) is 12.5. The van der Waals surface area contributed by atoms with E-state index in [2.05, 4.69) is 10.6 Å². The van der Waals surface area contributed by atoms with Crippen molar-refractivity contribution in [2.45, 2.75) is 6.54 Å². The molecule has 1 heterocycles. The van der Waals surface area contributed by atoms with Crippen LogP contribution in [0.15, 0.2) is 54.7 Å². The van der Waals surface area contributed by atoms with Crippen molar-refractivity contribution in [3.63, 3.8) is 0 Å². The Bertz CT molecular complexity index is 703. The van der Waals surface area contributed by atoms with E-state index in [0.29, 0.717) is 11.6 Å². The molecule has 3 aromatic rings. The Labute approximate surface area is 109 Å². The van der Waals surface area contributed by atoms with E-state index >= 15 is 0 Å². The van der Waals surface area contributed by atoms with E-state index in [1.165, 1.54) is 17.5 Å². The summed E-state index contributed by atoms with van der Waals surface area (Å²) in [5.41, 5.74) is 1.91. The summed E-state index contributed by atoms with van der Waals surface area (Å²) < 4.78 is 15.3. The first-order chi connectivity index (χ1) is 8.74. The van der Waals surface area contributed by atoms with Crippen molar-refractivity contribution in [1.29, 1.82) is 0 Å². The highest BCUT2D eigenvalue weighted by Crippen LogP contribution is 2.21. The molecule has 0 atom stereocenters. The molecule has 0 saturated heterocycles. The Morgan fingerprint density at radius 2 is 1.89 bits per heavy atom. The molecule has 1 nitrogen and oxygen atoms in total. The fourth-order valence-corrected chi connectivity index (χ4v) is 2.30. The molecule has 0 spiro atoms. The molecular weight excluding hydrogens is 249 g/mol. The predicted molar refractivity (Wildman–Crippen MR) is 72.5 cm³/mol. The van der Waals surface area contributed by atoms with E-state index in [0.717, 1.165) is 11.1 Å². The highest BCUT2D eigenvalue weighted by atomic mass is 35.5. The Kier molecular flexibility index (Phi) is 2.80. The number of hydrogen-bond acceptors (Lipinski definition) is 0. The lowest BCUT2D eigenvalue weighted by atomic mass is 10.2. The maximum absolute atomic E-state index is 13.2. The van der Waals surface area contributed by atoms with Gasteiger partial charge in [0.2, 0.25) is 0 Å². The van der Waals surface area contributed by atoms with Crippen LogP contribution in [0.5, 0.6) is 0 Å². The first kappa shape index (κ1) is 11.3. The molecule has 0 N–H and O–H groups in total. The number of hydrogen-bond donors (Lipinski definition) is 0. The van der Waals surface area contributed by atoms with Crippen molar-refractivity contribution in [3.05, 3.63) is 71.1 Å². The lowest BCUT2D eigenvalue weighted by Crippen LogP contribution is -1.99. The summed E-state index contributed by atoms with van der Waals surface area (Å²) in [6.07, 6.45) is 1.99. The smallest absolute Gasteiger partial charge is 0.123 e. The van der Waals surface area contributed by atoms with E-state index in [4.69, 9.17) is 11.6 Å². The van der Waals surface area contributed by atoms with E-state index < -0.39 is 0 Å². The molecule has 0 bridgehead atoms. The number of nitrogens with zero attached hydrogens (tertiary/aromatic N) is 1. The normalized spacial score (nSPS) is 11.0. The molecule has 0 saturated carbocycles. The van der Waals surface area contributed by atoms with Gasteiger partial charge in [0.05, 0.1) is 0 Å². The first-order valence-electron chi connectivity index (χ1n) is 5.72. The zero-order valence-corrected chi connectivity index (χ0v) is 10.4. The minimum Gasteiger partial charge on any atom is -0.343 e. The van der Waals surface area contributed by atoms with Crippen molar-refractivity contribution >= 4 is 22.5 Å². The maximum Gasteiger partial charge on any atom is 0.123 e. The fourth-order valence-electron chi connectivity index (χ4n) is 2.13. The second kappa shape index (κ2) is 4.46. The molecular formula is C15H11ClFN. The number of halogens is 2. The van der Waals surface area contributed by atoms with Crippen molar-refractivity contribution in [3.8, 4) is 0 Å². The van der Waals surface area contributed by atoms with Crippen molar-refractivity contribution in [2.24, 2.45) is 0 Å². The van der Waals surface area contributed by atoms with Gasteiger partial charge >= 0.3 is 0 Å². The summed E-state index contributed by atoms with van der Waals surface area (Å²) in [6.45, 7) is 0.574. The third kappa shape index (κ3) is 2.00. The topological polar surface area (TPSA) is 4.93 Å². The van der Waals surface area contributed by atoms with Gasteiger partial charge in [0.1, 0.15) is 5.82 Å². The van der Waals surface area contributed by atoms with Gasteiger partial charge in [0, 0.05) is 23.3 Å². The summed E-state index contributed by atoms with van der Waals surface area (Å²) in [4.78, 5) is 0. The SMILES string of the molecule is Fc1ccc(Cl)c(Cn2ccc3ccccc32)c1. The Morgan fingerprint density at radius 3 is 2.78 bits per heavy atom. The van der Waals surface area contributed by atoms with E-state index in [1.807, 2.05) is 30.5 Å². The Balaban J connectivity index is 2.04. The molecule has 0 aliphatic rings. The van der Waals surface area contributed by atoms with Crippen LogP contribution in [0.25, 0.3) is 10.9 Å². The van der Waals surface area contributed by atoms with Gasteiger partial charge in [-0.25, -0.2) is 4.39 Å². The van der Waals surface area contributed by atoms with Gasteiger partial charge in [-0.15, -0.1) is 0 Å². The van der Waals surface area contributed by atoms with Gasteiger partial charge in [-0.05, 0) is 41.3 Å². The van der Waals surface area contributed by atoms with Gasteiger partial charge in [0.15, 0.2) is 0 Å². The molecule has 0 unspecified atom stereocenters. The van der Waals surface area contributed by atoms with Gasteiger partial charge < -0.3 is 4.57 Å². The average Bonchev–Trinajstić information content (AvgIpc) is 2.78. The standard InChI is InChI=1S/C15H11ClFN/c16-14-6-5-13(17)9-12(14)10-18-8-7-11-3-1-2-4-15(11)18/h1-9H,10H2. The van der Waals surface area contributed by atoms with E-state index in [1.54, 1.807) is 6.07 Å². The molecule has 0 radical (unpaired) electrons. The minimum atomic E-state index is -0.258. The molecule has 2 aromatic carbocycles. The Morgan fingerprint density at radius 1 is 1.06 bits per heavy atom. The van der Waals surface area contributed by atoms with E-state index in [-0.39, 0.29) is 5.82 Å². The largest absolute Gasteiger partial charge is 0.343 e. The third-order valence-electron chi connectivity index (χ3n) is 3.03. The van der Waals surface area contributed by atoms with Crippen LogP contribution in [-0.2, 0) is 6.54 Å². The second-order valence-electron chi connectivity index (χ2n) is 4.24. The zero-order valence-electron chi connectivity index (χ0n) is 9.61. The predicted octanol–water partition coefficient (Wildman–Crippen LogP) is 4.48. The Hall–Kier alpha value is -1.80. The molecule has 3 rings (SSSR count). The number of benzene rings is 2. The first-order valence-corrected chi connectivity index (χ1v) is 6.09. The monoisotopic (exact) mass is 259 g/mol. The van der Waals surface area contributed by atoms with Crippen LogP contribution in [-0.4, -0.2) is 4.57 Å². The molecule has 0 aliphatic heterocycles. The third-order valence-corrected chi connectivity index (χ3v) is 3.40. The van der Waals surface area contributed by atoms with Gasteiger partial charge in [-0.2, -0.15) is 0 Å². The molecule has 0 amide bonds. The summed E-state index contributed by atoms with van der Waals surface area (Å²) >= 11 is 6.08. The number of rotatable bonds is 2. The number of fused-ring (bicyclic) bond motifs is 1.